The molecule has 1 N–H and O–H groups in total. The van der Waals surface area contributed by atoms with E-state index in [0.717, 1.165) is 40.7 Å². The highest BCUT2D eigenvalue weighted by Crippen LogP contribution is 2.28. The van der Waals surface area contributed by atoms with Gasteiger partial charge in [-0.1, -0.05) is 36.4 Å². The van der Waals surface area contributed by atoms with Crippen LogP contribution in [0.2, 0.25) is 0 Å². The lowest BCUT2D eigenvalue weighted by Crippen LogP contribution is -2.48. The second-order valence-electron chi connectivity index (χ2n) is 6.69. The van der Waals surface area contributed by atoms with Crippen molar-refractivity contribution in [2.75, 3.05) is 19.6 Å². The Hall–Kier alpha value is -2.57. The Bertz CT molecular complexity index is 910. The molecule has 0 saturated carbocycles. The van der Waals surface area contributed by atoms with Crippen molar-refractivity contribution < 1.29 is 4.79 Å². The van der Waals surface area contributed by atoms with Gasteiger partial charge in [0, 0.05) is 38.4 Å². The molecule has 27 heavy (non-hydrogen) atoms. The highest BCUT2D eigenvalue weighted by Gasteiger charge is 2.30. The fraction of sp³-hybridized carbons (Fsp3) is 0.286. The SMILES string of the molecule is Cc1nc(Cc2ccccc2)sc1C(=O)N1CCNCC1c1cccnc1. The van der Waals surface area contributed by atoms with Crippen LogP contribution < -0.4 is 5.32 Å². The number of carbonyl (C=O) groups excluding carboxylic acids is 1. The fourth-order valence-electron chi connectivity index (χ4n) is 3.45. The molecule has 5 nitrogen and oxygen atoms in total. The predicted molar refractivity (Wildman–Crippen MR) is 107 cm³/mol. The molecule has 1 aromatic carbocycles. The number of aromatic nitrogens is 2. The van der Waals surface area contributed by atoms with Crippen molar-refractivity contribution >= 4 is 17.2 Å². The normalized spacial score (nSPS) is 17.1. The molecule has 6 heteroatoms. The molecule has 3 heterocycles. The average Bonchev–Trinajstić information content (AvgIpc) is 3.09. The molecular weight excluding hydrogens is 356 g/mol. The summed E-state index contributed by atoms with van der Waals surface area (Å²) < 4.78 is 0. The van der Waals surface area contributed by atoms with Crippen LogP contribution >= 0.6 is 11.3 Å². The lowest BCUT2D eigenvalue weighted by Gasteiger charge is -2.36. The first-order valence-electron chi connectivity index (χ1n) is 9.14. The molecule has 138 valence electrons. The Kier molecular flexibility index (Phi) is 5.27. The van der Waals surface area contributed by atoms with E-state index in [2.05, 4.69) is 27.4 Å². The molecule has 1 saturated heterocycles. The van der Waals surface area contributed by atoms with Crippen LogP contribution in [0.4, 0.5) is 0 Å². The topological polar surface area (TPSA) is 58.1 Å². The minimum Gasteiger partial charge on any atom is -0.328 e. The number of nitrogens with zero attached hydrogens (tertiary/aromatic N) is 3. The highest BCUT2D eigenvalue weighted by atomic mass is 32.1. The number of nitrogens with one attached hydrogen (secondary N) is 1. The fourth-order valence-corrected chi connectivity index (χ4v) is 4.50. The standard InChI is InChI=1S/C21H22N4OS/c1-15-20(27-19(24-15)12-16-6-3-2-4-7-16)21(26)25-11-10-23-14-18(25)17-8-5-9-22-13-17/h2-9,13,18,23H,10-12,14H2,1H3. The van der Waals surface area contributed by atoms with E-state index in [-0.39, 0.29) is 11.9 Å². The third-order valence-electron chi connectivity index (χ3n) is 4.81. The van der Waals surface area contributed by atoms with Gasteiger partial charge in [0.1, 0.15) is 4.88 Å². The van der Waals surface area contributed by atoms with Crippen molar-refractivity contribution in [1.82, 2.24) is 20.2 Å². The maximum absolute atomic E-state index is 13.3. The number of piperazine rings is 1. The summed E-state index contributed by atoms with van der Waals surface area (Å²) in [6.45, 7) is 4.16. The minimum atomic E-state index is -0.000904. The molecule has 1 fully saturated rings. The third-order valence-corrected chi connectivity index (χ3v) is 5.95. The zero-order chi connectivity index (χ0) is 18.6. The Morgan fingerprint density at radius 1 is 1.26 bits per heavy atom. The molecule has 1 amide bonds. The summed E-state index contributed by atoms with van der Waals surface area (Å²) in [7, 11) is 0. The Balaban J connectivity index is 1.58. The maximum atomic E-state index is 13.3. The molecule has 1 aliphatic rings. The smallest absolute Gasteiger partial charge is 0.266 e. The molecule has 3 aromatic rings. The van der Waals surface area contributed by atoms with Crippen LogP contribution in [0.15, 0.2) is 54.9 Å². The summed E-state index contributed by atoms with van der Waals surface area (Å²) in [6.07, 6.45) is 4.36. The second-order valence-corrected chi connectivity index (χ2v) is 7.77. The van der Waals surface area contributed by atoms with Crippen molar-refractivity contribution in [1.29, 1.82) is 0 Å². The van der Waals surface area contributed by atoms with E-state index >= 15 is 0 Å². The van der Waals surface area contributed by atoms with E-state index in [1.807, 2.05) is 48.4 Å². The number of hydrogen-bond donors (Lipinski definition) is 1. The number of benzene rings is 1. The molecule has 2 aromatic heterocycles. The number of amides is 1. The quantitative estimate of drug-likeness (QED) is 0.757. The Labute approximate surface area is 163 Å². The van der Waals surface area contributed by atoms with Crippen LogP contribution in [-0.2, 0) is 6.42 Å². The second kappa shape index (κ2) is 7.98. The number of aryl methyl sites for hydroxylation is 1. The first kappa shape index (κ1) is 17.8. The number of thiazole rings is 1. The van der Waals surface area contributed by atoms with Gasteiger partial charge in [-0.3, -0.25) is 9.78 Å². The maximum Gasteiger partial charge on any atom is 0.266 e. The lowest BCUT2D eigenvalue weighted by atomic mass is 10.0. The third kappa shape index (κ3) is 3.91. The van der Waals surface area contributed by atoms with Gasteiger partial charge in [-0.25, -0.2) is 4.98 Å². The van der Waals surface area contributed by atoms with Gasteiger partial charge in [0.15, 0.2) is 0 Å². The van der Waals surface area contributed by atoms with E-state index in [9.17, 15) is 4.79 Å². The molecule has 1 unspecified atom stereocenters. The lowest BCUT2D eigenvalue weighted by molar-refractivity contribution is 0.0638. The molecular formula is C21H22N4OS. The summed E-state index contributed by atoms with van der Waals surface area (Å²) in [5.74, 6) is 0.0691. The van der Waals surface area contributed by atoms with Crippen LogP contribution in [0.5, 0.6) is 0 Å². The van der Waals surface area contributed by atoms with Crippen molar-refractivity contribution in [3.63, 3.8) is 0 Å². The summed E-state index contributed by atoms with van der Waals surface area (Å²) in [5, 5.41) is 4.37. The van der Waals surface area contributed by atoms with Crippen molar-refractivity contribution in [3.8, 4) is 0 Å². The van der Waals surface area contributed by atoms with Crippen molar-refractivity contribution in [3.05, 3.63) is 81.6 Å². The Morgan fingerprint density at radius 2 is 2.11 bits per heavy atom. The van der Waals surface area contributed by atoms with Gasteiger partial charge >= 0.3 is 0 Å². The zero-order valence-electron chi connectivity index (χ0n) is 15.3. The molecule has 0 bridgehead atoms. The predicted octanol–water partition coefficient (Wildman–Crippen LogP) is 3.22. The van der Waals surface area contributed by atoms with Crippen molar-refractivity contribution in [2.24, 2.45) is 0 Å². The van der Waals surface area contributed by atoms with Gasteiger partial charge < -0.3 is 10.2 Å². The number of carbonyl (C=O) groups is 1. The number of pyridine rings is 1. The van der Waals surface area contributed by atoms with Crippen LogP contribution in [0.1, 0.15) is 37.5 Å². The molecule has 0 spiro atoms. The van der Waals surface area contributed by atoms with Gasteiger partial charge in [0.05, 0.1) is 16.7 Å². The first-order valence-corrected chi connectivity index (χ1v) is 9.96. The van der Waals surface area contributed by atoms with Gasteiger partial charge in [0.2, 0.25) is 0 Å². The van der Waals surface area contributed by atoms with Gasteiger partial charge in [-0.2, -0.15) is 0 Å². The van der Waals surface area contributed by atoms with Crippen LogP contribution in [0, 0.1) is 6.92 Å². The highest BCUT2D eigenvalue weighted by molar-refractivity contribution is 7.13. The Morgan fingerprint density at radius 3 is 2.89 bits per heavy atom. The van der Waals surface area contributed by atoms with Gasteiger partial charge in [-0.05, 0) is 24.1 Å². The van der Waals surface area contributed by atoms with E-state index in [1.54, 1.807) is 6.20 Å². The summed E-state index contributed by atoms with van der Waals surface area (Å²) in [5.41, 5.74) is 3.09. The molecule has 1 aliphatic heterocycles. The summed E-state index contributed by atoms with van der Waals surface area (Å²) in [6, 6.07) is 14.2. The van der Waals surface area contributed by atoms with E-state index < -0.39 is 0 Å². The molecule has 0 radical (unpaired) electrons. The summed E-state index contributed by atoms with van der Waals surface area (Å²) in [4.78, 5) is 24.9. The summed E-state index contributed by atoms with van der Waals surface area (Å²) >= 11 is 1.51. The van der Waals surface area contributed by atoms with Crippen molar-refractivity contribution in [2.45, 2.75) is 19.4 Å². The van der Waals surface area contributed by atoms with E-state index in [1.165, 1.54) is 16.9 Å². The monoisotopic (exact) mass is 378 g/mol. The number of rotatable bonds is 4. The largest absolute Gasteiger partial charge is 0.328 e. The molecule has 1 atom stereocenters. The molecule has 0 aliphatic carbocycles. The van der Waals surface area contributed by atoms with Gasteiger partial charge in [-0.15, -0.1) is 11.3 Å². The van der Waals surface area contributed by atoms with E-state index in [4.69, 9.17) is 0 Å². The van der Waals surface area contributed by atoms with Crippen LogP contribution in [0.3, 0.4) is 0 Å². The van der Waals surface area contributed by atoms with Crippen LogP contribution in [-0.4, -0.2) is 40.4 Å². The number of hydrogen-bond acceptors (Lipinski definition) is 5. The van der Waals surface area contributed by atoms with Gasteiger partial charge in [0.25, 0.3) is 5.91 Å². The first-order chi connectivity index (χ1) is 13.2. The van der Waals surface area contributed by atoms with Crippen LogP contribution in [0.25, 0.3) is 0 Å². The zero-order valence-corrected chi connectivity index (χ0v) is 16.1. The average molecular weight is 379 g/mol. The molecule has 4 rings (SSSR count). The van der Waals surface area contributed by atoms with E-state index in [0.29, 0.717) is 6.54 Å². The minimum absolute atomic E-state index is 0.000904.